The molecule has 2 aromatic rings. The normalized spacial score (nSPS) is 17.7. The van der Waals surface area contributed by atoms with Crippen molar-refractivity contribution in [1.82, 2.24) is 25.4 Å². The molecule has 170 valence electrons. The number of halogens is 1. The number of urea groups is 1. The standard InChI is InChI=1S/C24H24FN5O3/c1-2-13-30-19-14-29(15-20(31)27-12-10-18-5-3-4-11-26-18)23(32)21(19)22(28-24(30)33)16-6-8-17(25)9-7-16/h2-9,11,22H,1,10,12-15H2,(H,27,31)(H,28,33). The van der Waals surface area contributed by atoms with Crippen LogP contribution in [0.15, 0.2) is 72.6 Å². The van der Waals surface area contributed by atoms with Crippen LogP contribution in [0.25, 0.3) is 0 Å². The topological polar surface area (TPSA) is 94.6 Å². The van der Waals surface area contributed by atoms with Gasteiger partial charge in [-0.2, -0.15) is 0 Å². The van der Waals surface area contributed by atoms with Crippen molar-refractivity contribution in [2.24, 2.45) is 0 Å². The minimum absolute atomic E-state index is 0.126. The third-order valence-corrected chi connectivity index (χ3v) is 5.58. The van der Waals surface area contributed by atoms with Gasteiger partial charge in [0.25, 0.3) is 5.91 Å². The maximum Gasteiger partial charge on any atom is 0.322 e. The number of carbonyl (C=O) groups is 3. The van der Waals surface area contributed by atoms with Crippen molar-refractivity contribution in [3.63, 3.8) is 0 Å². The number of amides is 4. The summed E-state index contributed by atoms with van der Waals surface area (Å²) in [5.74, 6) is -1.05. The van der Waals surface area contributed by atoms with Gasteiger partial charge in [0.05, 0.1) is 23.9 Å². The van der Waals surface area contributed by atoms with Crippen molar-refractivity contribution >= 4 is 17.8 Å². The Kier molecular flexibility index (Phi) is 6.48. The van der Waals surface area contributed by atoms with Crippen molar-refractivity contribution in [1.29, 1.82) is 0 Å². The van der Waals surface area contributed by atoms with Crippen LogP contribution in [0.5, 0.6) is 0 Å². The van der Waals surface area contributed by atoms with E-state index in [1.54, 1.807) is 12.3 Å². The maximum atomic E-state index is 13.4. The lowest BCUT2D eigenvalue weighted by Crippen LogP contribution is -2.47. The molecule has 4 rings (SSSR count). The van der Waals surface area contributed by atoms with E-state index < -0.39 is 11.9 Å². The molecule has 1 aromatic heterocycles. The molecule has 0 saturated heterocycles. The van der Waals surface area contributed by atoms with E-state index in [4.69, 9.17) is 0 Å². The Bertz CT molecular complexity index is 1100. The molecule has 9 heteroatoms. The molecular weight excluding hydrogens is 425 g/mol. The predicted octanol–water partition coefficient (Wildman–Crippen LogP) is 1.93. The summed E-state index contributed by atoms with van der Waals surface area (Å²) in [5, 5.41) is 5.63. The van der Waals surface area contributed by atoms with Gasteiger partial charge in [0, 0.05) is 31.4 Å². The quantitative estimate of drug-likeness (QED) is 0.602. The number of benzene rings is 1. The second-order valence-corrected chi connectivity index (χ2v) is 7.78. The number of hydrogen-bond acceptors (Lipinski definition) is 4. The first-order valence-electron chi connectivity index (χ1n) is 10.6. The third-order valence-electron chi connectivity index (χ3n) is 5.58. The lowest BCUT2D eigenvalue weighted by atomic mass is 9.95. The maximum absolute atomic E-state index is 13.4. The lowest BCUT2D eigenvalue weighted by Gasteiger charge is -2.33. The fourth-order valence-corrected chi connectivity index (χ4v) is 4.01. The van der Waals surface area contributed by atoms with E-state index in [1.165, 1.54) is 34.1 Å². The summed E-state index contributed by atoms with van der Waals surface area (Å²) in [6, 6.07) is 10.1. The van der Waals surface area contributed by atoms with E-state index in [1.807, 2.05) is 18.2 Å². The highest BCUT2D eigenvalue weighted by molar-refractivity contribution is 6.03. The molecular formula is C24H24FN5O3. The fraction of sp³-hybridized carbons (Fsp3) is 0.250. The SMILES string of the molecule is C=CCN1C(=O)NC(c2ccc(F)cc2)C2=C1CN(CC(=O)NCCc1ccccn1)C2=O. The number of nitrogens with one attached hydrogen (secondary N) is 2. The van der Waals surface area contributed by atoms with Crippen LogP contribution in [0.3, 0.4) is 0 Å². The summed E-state index contributed by atoms with van der Waals surface area (Å²) in [6.45, 7) is 4.28. The summed E-state index contributed by atoms with van der Waals surface area (Å²) in [7, 11) is 0. The van der Waals surface area contributed by atoms with Gasteiger partial charge in [0.15, 0.2) is 0 Å². The summed E-state index contributed by atoms with van der Waals surface area (Å²) >= 11 is 0. The molecule has 4 amide bonds. The average Bonchev–Trinajstić information content (AvgIpc) is 3.12. The van der Waals surface area contributed by atoms with E-state index in [-0.39, 0.29) is 37.5 Å². The predicted molar refractivity (Wildman–Crippen MR) is 119 cm³/mol. The van der Waals surface area contributed by atoms with Gasteiger partial charge in [0.2, 0.25) is 5.91 Å². The van der Waals surface area contributed by atoms with Crippen LogP contribution < -0.4 is 10.6 Å². The largest absolute Gasteiger partial charge is 0.354 e. The first-order chi connectivity index (χ1) is 16.0. The van der Waals surface area contributed by atoms with Crippen molar-refractivity contribution in [3.05, 3.63) is 89.7 Å². The van der Waals surface area contributed by atoms with E-state index in [0.717, 1.165) is 5.69 Å². The molecule has 1 atom stereocenters. The van der Waals surface area contributed by atoms with Crippen LogP contribution in [0.1, 0.15) is 17.3 Å². The molecule has 0 radical (unpaired) electrons. The molecule has 33 heavy (non-hydrogen) atoms. The van der Waals surface area contributed by atoms with E-state index in [2.05, 4.69) is 22.2 Å². The molecule has 2 N–H and O–H groups in total. The Morgan fingerprint density at radius 1 is 1.24 bits per heavy atom. The van der Waals surface area contributed by atoms with Crippen molar-refractivity contribution < 1.29 is 18.8 Å². The van der Waals surface area contributed by atoms with E-state index in [0.29, 0.717) is 29.8 Å². The van der Waals surface area contributed by atoms with Gasteiger partial charge in [-0.05, 0) is 29.8 Å². The summed E-state index contributed by atoms with van der Waals surface area (Å²) in [4.78, 5) is 45.6. The van der Waals surface area contributed by atoms with Crippen molar-refractivity contribution in [2.45, 2.75) is 12.5 Å². The summed E-state index contributed by atoms with van der Waals surface area (Å²) in [5.41, 5.74) is 2.35. The second-order valence-electron chi connectivity index (χ2n) is 7.78. The zero-order valence-corrected chi connectivity index (χ0v) is 18.0. The van der Waals surface area contributed by atoms with E-state index >= 15 is 0 Å². The monoisotopic (exact) mass is 449 g/mol. The Morgan fingerprint density at radius 2 is 2.03 bits per heavy atom. The summed E-state index contributed by atoms with van der Waals surface area (Å²) in [6.07, 6.45) is 3.84. The highest BCUT2D eigenvalue weighted by atomic mass is 19.1. The molecule has 0 spiro atoms. The molecule has 0 saturated carbocycles. The van der Waals surface area contributed by atoms with Crippen LogP contribution >= 0.6 is 0 Å². The van der Waals surface area contributed by atoms with Crippen molar-refractivity contribution in [3.8, 4) is 0 Å². The Hall–Kier alpha value is -4.01. The minimum Gasteiger partial charge on any atom is -0.354 e. The zero-order valence-electron chi connectivity index (χ0n) is 18.0. The van der Waals surface area contributed by atoms with Gasteiger partial charge in [0.1, 0.15) is 12.4 Å². The zero-order chi connectivity index (χ0) is 23.4. The van der Waals surface area contributed by atoms with Crippen LogP contribution in [-0.4, -0.2) is 58.8 Å². The van der Waals surface area contributed by atoms with Gasteiger partial charge in [-0.1, -0.05) is 24.3 Å². The first-order valence-corrected chi connectivity index (χ1v) is 10.6. The molecule has 2 aliphatic heterocycles. The number of carbonyl (C=O) groups excluding carboxylic acids is 3. The molecule has 2 aliphatic rings. The second kappa shape index (κ2) is 9.64. The average molecular weight is 449 g/mol. The van der Waals surface area contributed by atoms with Gasteiger partial charge in [-0.25, -0.2) is 9.18 Å². The number of aromatic nitrogens is 1. The molecule has 0 bridgehead atoms. The number of nitrogens with zero attached hydrogens (tertiary/aromatic N) is 3. The summed E-state index contributed by atoms with van der Waals surface area (Å²) < 4.78 is 13.4. The van der Waals surface area contributed by atoms with E-state index in [9.17, 15) is 18.8 Å². The Labute approximate surface area is 190 Å². The highest BCUT2D eigenvalue weighted by Crippen LogP contribution is 2.36. The lowest BCUT2D eigenvalue weighted by molar-refractivity contribution is -0.131. The highest BCUT2D eigenvalue weighted by Gasteiger charge is 2.44. The fourth-order valence-electron chi connectivity index (χ4n) is 4.01. The van der Waals surface area contributed by atoms with Gasteiger partial charge < -0.3 is 15.5 Å². The van der Waals surface area contributed by atoms with Gasteiger partial charge >= 0.3 is 6.03 Å². The molecule has 3 heterocycles. The molecule has 1 aromatic carbocycles. The van der Waals surface area contributed by atoms with Crippen LogP contribution in [-0.2, 0) is 16.0 Å². The van der Waals surface area contributed by atoms with Crippen LogP contribution in [0.4, 0.5) is 9.18 Å². The smallest absolute Gasteiger partial charge is 0.322 e. The molecule has 1 unspecified atom stereocenters. The number of pyridine rings is 1. The number of hydrogen-bond donors (Lipinski definition) is 2. The van der Waals surface area contributed by atoms with Crippen molar-refractivity contribution in [2.75, 3.05) is 26.2 Å². The molecule has 0 aliphatic carbocycles. The van der Waals surface area contributed by atoms with Gasteiger partial charge in [-0.3, -0.25) is 19.5 Å². The Balaban J connectivity index is 1.48. The molecule has 8 nitrogen and oxygen atoms in total. The van der Waals surface area contributed by atoms with Gasteiger partial charge in [-0.15, -0.1) is 6.58 Å². The minimum atomic E-state index is -0.723. The third kappa shape index (κ3) is 4.77. The first kappa shape index (κ1) is 22.2. The molecule has 0 fully saturated rings. The Morgan fingerprint density at radius 3 is 2.73 bits per heavy atom. The van der Waals surface area contributed by atoms with Crippen LogP contribution in [0.2, 0.25) is 0 Å². The number of rotatable bonds is 8. The van der Waals surface area contributed by atoms with Crippen LogP contribution in [0, 0.1) is 5.82 Å².